The number of urea groups is 1. The lowest BCUT2D eigenvalue weighted by atomic mass is 10.0. The van der Waals surface area contributed by atoms with E-state index >= 15 is 0 Å². The standard InChI is InChI=1S/C27H23ClN4O2/c28-22-11-5-7-13-24(22)30-27(34)32-16-14-31(15-17-32)26(33)21-18-25(19-8-2-1-3-9-19)29-23-12-6-4-10-20(21)23/h1-13,18H,14-17H2,(H,30,34). The normalized spacial score (nSPS) is 13.7. The molecule has 1 aromatic heterocycles. The second-order valence-corrected chi connectivity index (χ2v) is 8.53. The molecule has 1 fully saturated rings. The molecule has 0 spiro atoms. The molecule has 5 rings (SSSR count). The fraction of sp³-hybridized carbons (Fsp3) is 0.148. The molecule has 7 heteroatoms. The van der Waals surface area contributed by atoms with E-state index in [1.165, 1.54) is 0 Å². The lowest BCUT2D eigenvalue weighted by molar-refractivity contribution is 0.0673. The number of piperazine rings is 1. The van der Waals surface area contributed by atoms with Gasteiger partial charge in [-0.15, -0.1) is 0 Å². The Kier molecular flexibility index (Phi) is 6.14. The van der Waals surface area contributed by atoms with E-state index in [-0.39, 0.29) is 11.9 Å². The average Bonchev–Trinajstić information content (AvgIpc) is 2.89. The van der Waals surface area contributed by atoms with E-state index in [0.29, 0.717) is 42.5 Å². The molecule has 1 aliphatic heterocycles. The highest BCUT2D eigenvalue weighted by Crippen LogP contribution is 2.26. The van der Waals surface area contributed by atoms with Crippen molar-refractivity contribution in [3.63, 3.8) is 0 Å². The summed E-state index contributed by atoms with van der Waals surface area (Å²) >= 11 is 6.15. The van der Waals surface area contributed by atoms with Crippen molar-refractivity contribution in [1.82, 2.24) is 14.8 Å². The summed E-state index contributed by atoms with van der Waals surface area (Å²) in [6, 6.07) is 26.3. The first kappa shape index (κ1) is 21.9. The zero-order chi connectivity index (χ0) is 23.5. The summed E-state index contributed by atoms with van der Waals surface area (Å²) in [6.45, 7) is 1.78. The summed E-state index contributed by atoms with van der Waals surface area (Å²) in [7, 11) is 0. The van der Waals surface area contributed by atoms with E-state index in [4.69, 9.17) is 16.6 Å². The molecule has 3 aromatic carbocycles. The van der Waals surface area contributed by atoms with Crippen molar-refractivity contribution in [3.05, 3.63) is 95.5 Å². The van der Waals surface area contributed by atoms with E-state index in [1.54, 1.807) is 21.9 Å². The van der Waals surface area contributed by atoms with Gasteiger partial charge in [0.05, 0.1) is 27.5 Å². The molecule has 0 radical (unpaired) electrons. The van der Waals surface area contributed by atoms with E-state index < -0.39 is 0 Å². The number of amides is 3. The van der Waals surface area contributed by atoms with Crippen LogP contribution < -0.4 is 5.32 Å². The summed E-state index contributed by atoms with van der Waals surface area (Å²) in [5.74, 6) is -0.0538. The first-order valence-electron chi connectivity index (χ1n) is 11.1. The Bertz CT molecular complexity index is 1350. The Morgan fingerprint density at radius 3 is 2.21 bits per heavy atom. The van der Waals surface area contributed by atoms with Gasteiger partial charge in [-0.3, -0.25) is 4.79 Å². The minimum atomic E-state index is -0.221. The number of hydrogen-bond acceptors (Lipinski definition) is 3. The highest BCUT2D eigenvalue weighted by molar-refractivity contribution is 6.33. The molecular weight excluding hydrogens is 448 g/mol. The van der Waals surface area contributed by atoms with E-state index in [2.05, 4.69) is 5.32 Å². The molecule has 1 N–H and O–H groups in total. The molecule has 0 aliphatic carbocycles. The van der Waals surface area contributed by atoms with Gasteiger partial charge in [0.25, 0.3) is 5.91 Å². The molecule has 1 aliphatic rings. The minimum Gasteiger partial charge on any atom is -0.335 e. The van der Waals surface area contributed by atoms with Crippen molar-refractivity contribution in [2.24, 2.45) is 0 Å². The predicted molar refractivity (Wildman–Crippen MR) is 135 cm³/mol. The van der Waals surface area contributed by atoms with Gasteiger partial charge in [0.1, 0.15) is 0 Å². The molecule has 170 valence electrons. The van der Waals surface area contributed by atoms with Crippen LogP contribution in [0.1, 0.15) is 10.4 Å². The second kappa shape index (κ2) is 9.53. The predicted octanol–water partition coefficient (Wildman–Crippen LogP) is 5.55. The van der Waals surface area contributed by atoms with Crippen molar-refractivity contribution in [1.29, 1.82) is 0 Å². The van der Waals surface area contributed by atoms with Crippen LogP contribution in [0.4, 0.5) is 10.5 Å². The Balaban J connectivity index is 1.34. The first-order valence-corrected chi connectivity index (χ1v) is 11.5. The van der Waals surface area contributed by atoms with Crippen LogP contribution in [0.25, 0.3) is 22.2 Å². The maximum atomic E-state index is 13.6. The molecule has 1 saturated heterocycles. The summed E-state index contributed by atoms with van der Waals surface area (Å²) in [4.78, 5) is 34.5. The summed E-state index contributed by atoms with van der Waals surface area (Å²) < 4.78 is 0. The summed E-state index contributed by atoms with van der Waals surface area (Å²) in [6.07, 6.45) is 0. The van der Waals surface area contributed by atoms with E-state index in [9.17, 15) is 9.59 Å². The van der Waals surface area contributed by atoms with Gasteiger partial charge in [-0.1, -0.05) is 72.3 Å². The molecule has 0 unspecified atom stereocenters. The monoisotopic (exact) mass is 470 g/mol. The number of carbonyl (C=O) groups is 2. The van der Waals surface area contributed by atoms with Gasteiger partial charge in [-0.25, -0.2) is 9.78 Å². The lowest BCUT2D eigenvalue weighted by Crippen LogP contribution is -2.51. The molecule has 0 saturated carbocycles. The molecular formula is C27H23ClN4O2. The topological polar surface area (TPSA) is 65.5 Å². The van der Waals surface area contributed by atoms with E-state index in [1.807, 2.05) is 72.8 Å². The van der Waals surface area contributed by atoms with E-state index in [0.717, 1.165) is 22.2 Å². The quantitative estimate of drug-likeness (QED) is 0.427. The fourth-order valence-electron chi connectivity index (χ4n) is 4.15. The molecule has 0 bridgehead atoms. The number of nitrogens with zero attached hydrogens (tertiary/aromatic N) is 3. The molecule has 4 aromatic rings. The van der Waals surface area contributed by atoms with Crippen LogP contribution in [-0.2, 0) is 0 Å². The van der Waals surface area contributed by atoms with Crippen molar-refractivity contribution in [3.8, 4) is 11.3 Å². The van der Waals surface area contributed by atoms with Gasteiger partial charge < -0.3 is 15.1 Å². The number of halogens is 1. The molecule has 3 amide bonds. The number of hydrogen-bond donors (Lipinski definition) is 1. The van der Waals surface area contributed by atoms with Gasteiger partial charge in [0.2, 0.25) is 0 Å². The van der Waals surface area contributed by atoms with Crippen LogP contribution in [0, 0.1) is 0 Å². The number of benzene rings is 3. The van der Waals surface area contributed by atoms with Crippen LogP contribution in [0.15, 0.2) is 84.9 Å². The third-order valence-electron chi connectivity index (χ3n) is 5.99. The maximum absolute atomic E-state index is 13.6. The molecule has 0 atom stereocenters. The van der Waals surface area contributed by atoms with Crippen LogP contribution in [0.5, 0.6) is 0 Å². The number of rotatable bonds is 3. The molecule has 34 heavy (non-hydrogen) atoms. The van der Waals surface area contributed by atoms with Crippen LogP contribution in [-0.4, -0.2) is 52.9 Å². The Hall–Kier alpha value is -3.90. The summed E-state index contributed by atoms with van der Waals surface area (Å²) in [5, 5.41) is 4.16. The Morgan fingerprint density at radius 1 is 0.794 bits per heavy atom. The van der Waals surface area contributed by atoms with Crippen molar-refractivity contribution in [2.45, 2.75) is 0 Å². The fourth-order valence-corrected chi connectivity index (χ4v) is 4.33. The van der Waals surface area contributed by atoms with Crippen LogP contribution in [0.2, 0.25) is 5.02 Å². The minimum absolute atomic E-state index is 0.0538. The summed E-state index contributed by atoms with van der Waals surface area (Å²) in [5.41, 5.74) is 3.71. The van der Waals surface area contributed by atoms with Gasteiger partial charge in [-0.2, -0.15) is 0 Å². The Labute approximate surface area is 202 Å². The van der Waals surface area contributed by atoms with Crippen LogP contribution >= 0.6 is 11.6 Å². The highest BCUT2D eigenvalue weighted by Gasteiger charge is 2.26. The zero-order valence-corrected chi connectivity index (χ0v) is 19.2. The second-order valence-electron chi connectivity index (χ2n) is 8.13. The number of pyridine rings is 1. The average molecular weight is 471 g/mol. The number of fused-ring (bicyclic) bond motifs is 1. The number of nitrogens with one attached hydrogen (secondary N) is 1. The van der Waals surface area contributed by atoms with Crippen molar-refractivity contribution in [2.75, 3.05) is 31.5 Å². The number of carbonyl (C=O) groups excluding carboxylic acids is 2. The maximum Gasteiger partial charge on any atom is 0.322 e. The highest BCUT2D eigenvalue weighted by atomic mass is 35.5. The van der Waals surface area contributed by atoms with Gasteiger partial charge in [-0.05, 0) is 24.3 Å². The lowest BCUT2D eigenvalue weighted by Gasteiger charge is -2.35. The zero-order valence-electron chi connectivity index (χ0n) is 18.4. The van der Waals surface area contributed by atoms with Crippen molar-refractivity contribution >= 4 is 40.1 Å². The third kappa shape index (κ3) is 4.45. The number of anilines is 1. The third-order valence-corrected chi connectivity index (χ3v) is 6.32. The van der Waals surface area contributed by atoms with Crippen molar-refractivity contribution < 1.29 is 9.59 Å². The first-order chi connectivity index (χ1) is 16.6. The number of para-hydroxylation sites is 2. The molecule has 6 nitrogen and oxygen atoms in total. The van der Waals surface area contributed by atoms with Gasteiger partial charge >= 0.3 is 6.03 Å². The largest absolute Gasteiger partial charge is 0.335 e. The SMILES string of the molecule is O=C(Nc1ccccc1Cl)N1CCN(C(=O)c2cc(-c3ccccc3)nc3ccccc23)CC1. The Morgan fingerprint density at radius 2 is 1.44 bits per heavy atom. The smallest absolute Gasteiger partial charge is 0.322 e. The van der Waals surface area contributed by atoms with Gasteiger partial charge in [0.15, 0.2) is 0 Å². The molecule has 2 heterocycles. The van der Waals surface area contributed by atoms with Gasteiger partial charge in [0, 0.05) is 37.1 Å². The van der Waals surface area contributed by atoms with Crippen LogP contribution in [0.3, 0.4) is 0 Å². The number of aromatic nitrogens is 1.